The monoisotopic (exact) mass is 433 g/mol. The number of halogens is 3. The predicted octanol–water partition coefficient (Wildman–Crippen LogP) is 2.35. The lowest BCUT2D eigenvalue weighted by Gasteiger charge is -2.24. The molecule has 1 aromatic carbocycles. The van der Waals surface area contributed by atoms with Gasteiger partial charge in [0.15, 0.2) is 0 Å². The van der Waals surface area contributed by atoms with Gasteiger partial charge in [-0.25, -0.2) is 13.1 Å². The lowest BCUT2D eigenvalue weighted by Crippen LogP contribution is -2.31. The highest BCUT2D eigenvalue weighted by Crippen LogP contribution is 2.38. The molecule has 8 nitrogen and oxygen atoms in total. The largest absolute Gasteiger partial charge is 0.496 e. The summed E-state index contributed by atoms with van der Waals surface area (Å²) >= 11 is 0. The number of alkyl halides is 3. The van der Waals surface area contributed by atoms with E-state index in [0.29, 0.717) is 36.6 Å². The van der Waals surface area contributed by atoms with Crippen LogP contribution in [0.1, 0.15) is 35.7 Å². The third-order valence-corrected chi connectivity index (χ3v) is 6.10. The third kappa shape index (κ3) is 4.37. The van der Waals surface area contributed by atoms with Crippen molar-refractivity contribution in [2.45, 2.75) is 42.9 Å². The Morgan fingerprint density at radius 2 is 2.14 bits per heavy atom. The topological polar surface area (TPSA) is 111 Å². The molecule has 0 bridgehead atoms. The molecule has 1 aromatic heterocycles. The molecule has 1 aliphatic carbocycles. The number of aromatic nitrogens is 2. The van der Waals surface area contributed by atoms with Crippen LogP contribution in [0.15, 0.2) is 29.3 Å². The number of sulfonamides is 1. The van der Waals surface area contributed by atoms with Gasteiger partial charge >= 0.3 is 12.1 Å². The molecule has 158 valence electrons. The molecule has 29 heavy (non-hydrogen) atoms. The Morgan fingerprint density at radius 3 is 2.76 bits per heavy atom. The number of methoxy groups -OCH3 is 1. The predicted molar refractivity (Wildman–Crippen MR) is 93.9 cm³/mol. The maximum absolute atomic E-state index is 13.2. The minimum Gasteiger partial charge on any atom is -0.496 e. The molecule has 0 fully saturated rings. The molecule has 0 saturated carbocycles. The Balaban J connectivity index is 1.92. The first kappa shape index (κ1) is 21.1. The van der Waals surface area contributed by atoms with Gasteiger partial charge in [0.2, 0.25) is 10.0 Å². The first-order chi connectivity index (χ1) is 13.5. The maximum Gasteiger partial charge on any atom is 0.420 e. The van der Waals surface area contributed by atoms with Gasteiger partial charge in [-0.05, 0) is 37.5 Å². The highest BCUT2D eigenvalue weighted by molar-refractivity contribution is 7.89. The van der Waals surface area contributed by atoms with Gasteiger partial charge in [-0.2, -0.15) is 18.3 Å². The summed E-state index contributed by atoms with van der Waals surface area (Å²) in [6, 6.07) is 1.80. The van der Waals surface area contributed by atoms with E-state index in [-0.39, 0.29) is 6.54 Å². The summed E-state index contributed by atoms with van der Waals surface area (Å²) in [5.74, 6) is -1.57. The molecule has 2 aromatic rings. The van der Waals surface area contributed by atoms with Crippen molar-refractivity contribution in [2.75, 3.05) is 7.11 Å². The van der Waals surface area contributed by atoms with E-state index >= 15 is 0 Å². The molecule has 3 rings (SSSR count). The molecular formula is C17H18F3N3O5S. The molecular weight excluding hydrogens is 415 g/mol. The van der Waals surface area contributed by atoms with Crippen molar-refractivity contribution in [2.24, 2.45) is 0 Å². The van der Waals surface area contributed by atoms with Crippen LogP contribution in [-0.4, -0.2) is 36.4 Å². The molecule has 0 aliphatic heterocycles. The fraction of sp³-hybridized carbons (Fsp3) is 0.412. The summed E-state index contributed by atoms with van der Waals surface area (Å²) in [7, 11) is -3.22. The summed E-state index contributed by atoms with van der Waals surface area (Å²) in [5, 5.41) is 12.9. The second-order valence-electron chi connectivity index (χ2n) is 6.52. The fourth-order valence-corrected chi connectivity index (χ4v) is 4.61. The number of nitrogens with one attached hydrogen (secondary N) is 1. The number of aliphatic carboxylic acids is 1. The van der Waals surface area contributed by atoms with Gasteiger partial charge < -0.3 is 9.84 Å². The number of hydrogen-bond acceptors (Lipinski definition) is 5. The van der Waals surface area contributed by atoms with Gasteiger partial charge in [-0.3, -0.25) is 9.48 Å². The fourth-order valence-electron chi connectivity index (χ4n) is 3.34. The Kier molecular flexibility index (Phi) is 5.59. The molecule has 1 heterocycles. The Bertz CT molecular complexity index is 1030. The van der Waals surface area contributed by atoms with Crippen molar-refractivity contribution < 1.29 is 36.2 Å². The van der Waals surface area contributed by atoms with Crippen LogP contribution in [0.4, 0.5) is 13.2 Å². The summed E-state index contributed by atoms with van der Waals surface area (Å²) in [6.07, 6.45) is -1.89. The van der Waals surface area contributed by atoms with Crippen molar-refractivity contribution in [1.29, 1.82) is 0 Å². The summed E-state index contributed by atoms with van der Waals surface area (Å²) in [4.78, 5) is 10.4. The number of hydrogen-bond donors (Lipinski definition) is 2. The van der Waals surface area contributed by atoms with Gasteiger partial charge in [-0.15, -0.1) is 0 Å². The number of carbonyl (C=O) groups is 1. The van der Waals surface area contributed by atoms with Gasteiger partial charge in [0.1, 0.15) is 12.3 Å². The molecule has 0 radical (unpaired) electrons. The summed E-state index contributed by atoms with van der Waals surface area (Å²) < 4.78 is 73.5. The van der Waals surface area contributed by atoms with Gasteiger partial charge in [-0.1, -0.05) is 0 Å². The van der Waals surface area contributed by atoms with Crippen LogP contribution < -0.4 is 9.46 Å². The van der Waals surface area contributed by atoms with E-state index < -0.39 is 44.4 Å². The second kappa shape index (κ2) is 7.67. The zero-order chi connectivity index (χ0) is 21.4. The average molecular weight is 433 g/mol. The van der Waals surface area contributed by atoms with Crippen molar-refractivity contribution in [3.63, 3.8) is 0 Å². The van der Waals surface area contributed by atoms with Gasteiger partial charge in [0.25, 0.3) is 0 Å². The van der Waals surface area contributed by atoms with Crippen LogP contribution in [0.3, 0.4) is 0 Å². The minimum absolute atomic E-state index is 0.359. The van der Waals surface area contributed by atoms with E-state index in [1.54, 1.807) is 0 Å². The Labute approximate surface area is 164 Å². The van der Waals surface area contributed by atoms with Crippen LogP contribution in [0.5, 0.6) is 5.75 Å². The number of fused-ring (bicyclic) bond motifs is 1. The Hall–Kier alpha value is -2.60. The number of rotatable bonds is 6. The molecule has 0 spiro atoms. The van der Waals surface area contributed by atoms with Gasteiger partial charge in [0.05, 0.1) is 29.8 Å². The summed E-state index contributed by atoms with van der Waals surface area (Å²) in [5.41, 5.74) is -0.0795. The Morgan fingerprint density at radius 1 is 1.41 bits per heavy atom. The number of benzene rings is 1. The molecule has 1 unspecified atom stereocenters. The minimum atomic E-state index is -4.78. The van der Waals surface area contributed by atoms with E-state index in [0.717, 1.165) is 19.2 Å². The molecule has 2 N–H and O–H groups in total. The smallest absolute Gasteiger partial charge is 0.420 e. The maximum atomic E-state index is 13.2. The van der Waals surface area contributed by atoms with Crippen molar-refractivity contribution >= 4 is 16.0 Å². The molecule has 0 amide bonds. The van der Waals surface area contributed by atoms with Crippen LogP contribution >= 0.6 is 0 Å². The zero-order valence-corrected chi connectivity index (χ0v) is 16.0. The van der Waals surface area contributed by atoms with Gasteiger partial charge in [0, 0.05) is 11.3 Å². The zero-order valence-electron chi connectivity index (χ0n) is 15.2. The van der Waals surface area contributed by atoms with E-state index in [4.69, 9.17) is 5.11 Å². The first-order valence-corrected chi connectivity index (χ1v) is 10.0. The summed E-state index contributed by atoms with van der Waals surface area (Å²) in [6.45, 7) is -0.359. The van der Waals surface area contributed by atoms with Crippen LogP contribution in [-0.2, 0) is 34.0 Å². The third-order valence-electron chi connectivity index (χ3n) is 4.63. The van der Waals surface area contributed by atoms with E-state index in [1.807, 2.05) is 0 Å². The lowest BCUT2D eigenvalue weighted by atomic mass is 9.94. The average Bonchev–Trinajstić information content (AvgIpc) is 3.03. The number of carboxylic acid groups (broad SMARTS) is 1. The molecule has 0 saturated heterocycles. The highest BCUT2D eigenvalue weighted by atomic mass is 32.2. The van der Waals surface area contributed by atoms with Crippen molar-refractivity contribution in [1.82, 2.24) is 14.5 Å². The number of carboxylic acids is 1. The normalized spacial score (nSPS) is 17.0. The lowest BCUT2D eigenvalue weighted by molar-refractivity contribution is -0.139. The molecule has 1 atom stereocenters. The van der Waals surface area contributed by atoms with Crippen LogP contribution in [0.2, 0.25) is 0 Å². The van der Waals surface area contributed by atoms with Crippen molar-refractivity contribution in [3.8, 4) is 5.75 Å². The standard InChI is InChI=1S/C17H18F3N3O5S/c1-28-15-6-5-10(7-12(15)17(18,19)20)29(26,27)22-13-3-2-4-14-11(13)8-21-23(14)9-16(24)25/h5-8,13,22H,2-4,9H2,1H3,(H,24,25). The van der Waals surface area contributed by atoms with Crippen LogP contribution in [0.25, 0.3) is 0 Å². The second-order valence-corrected chi connectivity index (χ2v) is 8.24. The number of nitrogens with zero attached hydrogens (tertiary/aromatic N) is 2. The number of ether oxygens (including phenoxy) is 1. The molecule has 12 heteroatoms. The van der Waals surface area contributed by atoms with Crippen LogP contribution in [0, 0.1) is 0 Å². The SMILES string of the molecule is COc1ccc(S(=O)(=O)NC2CCCc3c2cnn3CC(=O)O)cc1C(F)(F)F. The quantitative estimate of drug-likeness (QED) is 0.724. The first-order valence-electron chi connectivity index (χ1n) is 8.57. The van der Waals surface area contributed by atoms with E-state index in [2.05, 4.69) is 14.6 Å². The van der Waals surface area contributed by atoms with Crippen molar-refractivity contribution in [3.05, 3.63) is 41.2 Å². The van der Waals surface area contributed by atoms with E-state index in [1.165, 1.54) is 10.9 Å². The molecule has 1 aliphatic rings. The highest BCUT2D eigenvalue weighted by Gasteiger charge is 2.36. The van der Waals surface area contributed by atoms with E-state index in [9.17, 15) is 26.4 Å².